The van der Waals surface area contributed by atoms with Crippen molar-refractivity contribution >= 4 is 60.8 Å². The first-order chi connectivity index (χ1) is 19.3. The lowest BCUT2D eigenvalue weighted by atomic mass is 10.0. The fraction of sp³-hybridized carbons (Fsp3) is 0. The molecule has 4 heterocycles. The van der Waals surface area contributed by atoms with Crippen LogP contribution in [0.2, 0.25) is 0 Å². The zero-order valence-electron chi connectivity index (χ0n) is 20.9. The maximum atomic E-state index is 6.31. The van der Waals surface area contributed by atoms with Gasteiger partial charge in [-0.1, -0.05) is 60.7 Å². The molecule has 3 aromatic heterocycles. The highest BCUT2D eigenvalue weighted by atomic mass is 16.3. The molecule has 0 saturated heterocycles. The van der Waals surface area contributed by atoms with Gasteiger partial charge < -0.3 is 13.9 Å². The van der Waals surface area contributed by atoms with Crippen LogP contribution in [0.25, 0.3) is 60.6 Å². The topological polar surface area (TPSA) is 34.2 Å². The summed E-state index contributed by atoms with van der Waals surface area (Å²) in [4.78, 5) is 6.72. The average molecular weight is 500 g/mol. The van der Waals surface area contributed by atoms with E-state index in [0.29, 0.717) is 0 Å². The molecular formula is C35H21N3O. The van der Waals surface area contributed by atoms with E-state index in [1.165, 1.54) is 16.3 Å². The molecule has 39 heavy (non-hydrogen) atoms. The van der Waals surface area contributed by atoms with Crippen molar-refractivity contribution in [3.63, 3.8) is 0 Å². The number of hydrogen-bond acceptors (Lipinski definition) is 3. The minimum atomic E-state index is 0.911. The zero-order chi connectivity index (χ0) is 25.5. The van der Waals surface area contributed by atoms with Gasteiger partial charge in [-0.05, 0) is 54.1 Å². The van der Waals surface area contributed by atoms with E-state index in [1.807, 2.05) is 30.6 Å². The molecule has 0 N–H and O–H groups in total. The lowest BCUT2D eigenvalue weighted by Crippen LogP contribution is -2.18. The fourth-order valence-electron chi connectivity index (χ4n) is 6.30. The molecule has 0 radical (unpaired) electrons. The molecular weight excluding hydrogens is 478 g/mol. The number of benzene rings is 5. The Balaban J connectivity index is 1.37. The molecule has 182 valence electrons. The van der Waals surface area contributed by atoms with E-state index in [9.17, 15) is 0 Å². The number of pyridine rings is 1. The predicted octanol–water partition coefficient (Wildman–Crippen LogP) is 9.53. The number of anilines is 3. The third kappa shape index (κ3) is 2.80. The Labute approximate surface area is 224 Å². The van der Waals surface area contributed by atoms with E-state index in [2.05, 4.69) is 112 Å². The van der Waals surface area contributed by atoms with Gasteiger partial charge >= 0.3 is 0 Å². The van der Waals surface area contributed by atoms with Crippen molar-refractivity contribution in [2.45, 2.75) is 0 Å². The summed E-state index contributed by atoms with van der Waals surface area (Å²) in [5.74, 6) is 0. The Morgan fingerprint density at radius 2 is 1.33 bits per heavy atom. The summed E-state index contributed by atoms with van der Waals surface area (Å²) in [6, 6.07) is 40.9. The second-order valence-corrected chi connectivity index (χ2v) is 10.1. The highest BCUT2D eigenvalue weighted by Crippen LogP contribution is 2.50. The maximum absolute atomic E-state index is 6.31. The SMILES string of the molecule is c1cncc(-c2cccc(N3c4ccccc4-n4c5cc6oc7ccccc7c6cc5c5cccc3c54)c2)c1. The van der Waals surface area contributed by atoms with Crippen LogP contribution < -0.4 is 4.90 Å². The first-order valence-corrected chi connectivity index (χ1v) is 13.1. The third-order valence-electron chi connectivity index (χ3n) is 7.97. The molecule has 0 fully saturated rings. The molecule has 0 bridgehead atoms. The van der Waals surface area contributed by atoms with Gasteiger partial charge in [0.05, 0.1) is 28.1 Å². The molecule has 8 aromatic rings. The Bertz CT molecular complexity index is 2240. The summed E-state index contributed by atoms with van der Waals surface area (Å²) in [6.45, 7) is 0. The predicted molar refractivity (Wildman–Crippen MR) is 160 cm³/mol. The van der Waals surface area contributed by atoms with Gasteiger partial charge in [0.15, 0.2) is 0 Å². The van der Waals surface area contributed by atoms with Gasteiger partial charge in [-0.25, -0.2) is 0 Å². The maximum Gasteiger partial charge on any atom is 0.137 e. The Kier molecular flexibility index (Phi) is 4.02. The summed E-state index contributed by atoms with van der Waals surface area (Å²) in [5.41, 5.74) is 11.0. The van der Waals surface area contributed by atoms with E-state index < -0.39 is 0 Å². The highest BCUT2D eigenvalue weighted by Gasteiger charge is 2.29. The molecule has 0 spiro atoms. The van der Waals surface area contributed by atoms with E-state index in [1.54, 1.807) is 0 Å². The van der Waals surface area contributed by atoms with Gasteiger partial charge in [0.25, 0.3) is 0 Å². The minimum Gasteiger partial charge on any atom is -0.456 e. The van der Waals surface area contributed by atoms with Gasteiger partial charge in [0, 0.05) is 51.3 Å². The second kappa shape index (κ2) is 7.59. The van der Waals surface area contributed by atoms with Crippen molar-refractivity contribution in [1.29, 1.82) is 0 Å². The number of furan rings is 1. The van der Waals surface area contributed by atoms with Crippen LogP contribution in [-0.4, -0.2) is 9.55 Å². The number of nitrogens with zero attached hydrogens (tertiary/aromatic N) is 3. The van der Waals surface area contributed by atoms with Crippen LogP contribution in [0.3, 0.4) is 0 Å². The highest BCUT2D eigenvalue weighted by molar-refractivity contribution is 6.21. The summed E-state index contributed by atoms with van der Waals surface area (Å²) in [6.07, 6.45) is 3.73. The van der Waals surface area contributed by atoms with E-state index in [-0.39, 0.29) is 0 Å². The zero-order valence-corrected chi connectivity index (χ0v) is 20.9. The van der Waals surface area contributed by atoms with Crippen LogP contribution in [0, 0.1) is 0 Å². The monoisotopic (exact) mass is 499 g/mol. The lowest BCUT2D eigenvalue weighted by Gasteiger charge is -2.33. The summed E-state index contributed by atoms with van der Waals surface area (Å²) >= 11 is 0. The number of hydrogen-bond donors (Lipinski definition) is 0. The smallest absolute Gasteiger partial charge is 0.137 e. The van der Waals surface area contributed by atoms with E-state index >= 15 is 0 Å². The van der Waals surface area contributed by atoms with Crippen LogP contribution >= 0.6 is 0 Å². The first-order valence-electron chi connectivity index (χ1n) is 13.1. The molecule has 1 aliphatic rings. The van der Waals surface area contributed by atoms with Crippen molar-refractivity contribution in [3.8, 4) is 16.8 Å². The fourth-order valence-corrected chi connectivity index (χ4v) is 6.30. The molecule has 5 aromatic carbocycles. The van der Waals surface area contributed by atoms with Crippen LogP contribution in [0.15, 0.2) is 132 Å². The summed E-state index contributed by atoms with van der Waals surface area (Å²) in [7, 11) is 0. The van der Waals surface area contributed by atoms with Crippen molar-refractivity contribution in [3.05, 3.63) is 128 Å². The van der Waals surface area contributed by atoms with E-state index in [4.69, 9.17) is 4.42 Å². The van der Waals surface area contributed by atoms with Crippen molar-refractivity contribution in [2.75, 3.05) is 4.90 Å². The Morgan fingerprint density at radius 3 is 2.26 bits per heavy atom. The van der Waals surface area contributed by atoms with Gasteiger partial charge in [0.2, 0.25) is 0 Å². The van der Waals surface area contributed by atoms with Crippen LogP contribution in [0.4, 0.5) is 17.1 Å². The molecule has 1 aliphatic heterocycles. The molecule has 0 atom stereocenters. The van der Waals surface area contributed by atoms with Crippen molar-refractivity contribution < 1.29 is 4.42 Å². The standard InChI is InChI=1S/C35H21N3O/c1-4-16-33-25(11-1)28-19-27-26-12-6-15-31-35(26)38(32(27)20-34(28)39-33)30-14-3-2-13-29(30)37(31)24-10-5-8-22(18-24)23-9-7-17-36-21-23/h1-21H. The van der Waals surface area contributed by atoms with Crippen LogP contribution in [0.5, 0.6) is 0 Å². The molecule has 0 saturated carbocycles. The Hall–Kier alpha value is -5.35. The van der Waals surface area contributed by atoms with Gasteiger partial charge in [0.1, 0.15) is 11.2 Å². The normalized spacial score (nSPS) is 12.6. The van der Waals surface area contributed by atoms with Gasteiger partial charge in [-0.15, -0.1) is 0 Å². The first kappa shape index (κ1) is 20.7. The largest absolute Gasteiger partial charge is 0.456 e. The second-order valence-electron chi connectivity index (χ2n) is 10.1. The van der Waals surface area contributed by atoms with Gasteiger partial charge in [-0.2, -0.15) is 0 Å². The van der Waals surface area contributed by atoms with Crippen LogP contribution in [0.1, 0.15) is 0 Å². The van der Waals surface area contributed by atoms with E-state index in [0.717, 1.165) is 61.3 Å². The summed E-state index contributed by atoms with van der Waals surface area (Å²) in [5, 5.41) is 4.76. The number of rotatable bonds is 2. The number of aromatic nitrogens is 2. The average Bonchev–Trinajstić information content (AvgIpc) is 3.53. The van der Waals surface area contributed by atoms with Crippen molar-refractivity contribution in [1.82, 2.24) is 9.55 Å². The molecule has 0 amide bonds. The third-order valence-corrected chi connectivity index (χ3v) is 7.97. The van der Waals surface area contributed by atoms with Crippen molar-refractivity contribution in [2.24, 2.45) is 0 Å². The molecule has 4 heteroatoms. The number of para-hydroxylation sites is 4. The minimum absolute atomic E-state index is 0.911. The molecule has 9 rings (SSSR count). The molecule has 4 nitrogen and oxygen atoms in total. The summed E-state index contributed by atoms with van der Waals surface area (Å²) < 4.78 is 8.72. The number of fused-ring (bicyclic) bond motifs is 8. The van der Waals surface area contributed by atoms with Crippen LogP contribution in [-0.2, 0) is 0 Å². The molecule has 0 aliphatic carbocycles. The van der Waals surface area contributed by atoms with Gasteiger partial charge in [-0.3, -0.25) is 4.98 Å². The quantitative estimate of drug-likeness (QED) is 0.237. The Morgan fingerprint density at radius 1 is 0.538 bits per heavy atom. The lowest BCUT2D eigenvalue weighted by molar-refractivity contribution is 0.669. The molecule has 0 unspecified atom stereocenters.